The van der Waals surface area contributed by atoms with Crippen LogP contribution in [0.2, 0.25) is 6.04 Å². The molecule has 0 spiro atoms. The molecule has 1 unspecified atom stereocenters. The third kappa shape index (κ3) is 25.8. The van der Waals surface area contributed by atoms with Gasteiger partial charge in [0.05, 0.1) is 12.7 Å². The molecule has 0 aromatic carbocycles. The predicted molar refractivity (Wildman–Crippen MR) is 114 cm³/mol. The summed E-state index contributed by atoms with van der Waals surface area (Å²) in [6.45, 7) is 10.4. The lowest BCUT2D eigenvalue weighted by atomic mass is 10.3. The van der Waals surface area contributed by atoms with Crippen LogP contribution in [0.3, 0.4) is 0 Å². The third-order valence-electron chi connectivity index (χ3n) is 3.63. The van der Waals surface area contributed by atoms with Crippen LogP contribution in [0.15, 0.2) is 0 Å². The van der Waals surface area contributed by atoms with Crippen molar-refractivity contribution < 1.29 is 24.2 Å². The molecule has 0 amide bonds. The van der Waals surface area contributed by atoms with Gasteiger partial charge in [-0.05, 0) is 13.0 Å². The Morgan fingerprint density at radius 2 is 1.57 bits per heavy atom. The summed E-state index contributed by atoms with van der Waals surface area (Å²) in [4.78, 5) is 28.5. The summed E-state index contributed by atoms with van der Waals surface area (Å²) in [5.41, 5.74) is 16.0. The molecule has 0 aliphatic carbocycles. The highest BCUT2D eigenvalue weighted by Gasteiger charge is 2.25. The highest BCUT2D eigenvalue weighted by molar-refractivity contribution is 6.56. The molecule has 11 nitrogen and oxygen atoms in total. The van der Waals surface area contributed by atoms with Gasteiger partial charge in [-0.15, -0.1) is 0 Å². The largest absolute Gasteiger partial charge is 0.492 e. The number of aliphatic hydroxyl groups is 1. The summed E-state index contributed by atoms with van der Waals surface area (Å²) >= 11 is 0. The number of aliphatic hydroxyl groups excluding tert-OH is 1. The molecule has 0 fully saturated rings. The van der Waals surface area contributed by atoms with Crippen molar-refractivity contribution in [2.24, 2.45) is 17.2 Å². The number of nitrogens with zero attached hydrogens (tertiary/aromatic N) is 1. The van der Waals surface area contributed by atoms with Crippen molar-refractivity contribution in [2.75, 3.05) is 78.7 Å². The van der Waals surface area contributed by atoms with E-state index in [2.05, 4.69) is 22.5 Å². The van der Waals surface area contributed by atoms with Gasteiger partial charge >= 0.3 is 8.80 Å². The smallest absolute Gasteiger partial charge is 0.390 e. The van der Waals surface area contributed by atoms with Crippen molar-refractivity contribution in [1.82, 2.24) is 15.5 Å². The minimum atomic E-state index is -3.94. The van der Waals surface area contributed by atoms with Crippen molar-refractivity contribution in [3.8, 4) is 0 Å². The van der Waals surface area contributed by atoms with Gasteiger partial charge in [0.1, 0.15) is 0 Å². The zero-order valence-corrected chi connectivity index (χ0v) is 18.4. The molecule has 0 saturated heterocycles. The molecule has 0 aliphatic heterocycles. The minimum Gasteiger partial charge on any atom is -0.390 e. The molecule has 0 bridgehead atoms. The molecule has 0 saturated carbocycles. The summed E-state index contributed by atoms with van der Waals surface area (Å²) in [6.07, 6.45) is -0.243. The van der Waals surface area contributed by atoms with Gasteiger partial charge in [-0.1, -0.05) is 6.92 Å². The lowest BCUT2D eigenvalue weighted by Crippen LogP contribution is -2.36. The van der Waals surface area contributed by atoms with E-state index in [9.17, 15) is 5.11 Å². The third-order valence-corrected chi connectivity index (χ3v) is 4.65. The van der Waals surface area contributed by atoms with Crippen LogP contribution in [0.25, 0.3) is 0 Å². The van der Waals surface area contributed by atoms with E-state index in [0.29, 0.717) is 19.5 Å². The van der Waals surface area contributed by atoms with Crippen molar-refractivity contribution in [2.45, 2.75) is 25.5 Å². The Labute approximate surface area is 170 Å². The average Bonchev–Trinajstić information content (AvgIpc) is 2.63. The fourth-order valence-electron chi connectivity index (χ4n) is 2.16. The molecule has 0 heterocycles. The second-order valence-corrected chi connectivity index (χ2v) is 8.41. The lowest BCUT2D eigenvalue weighted by Gasteiger charge is -2.17. The Balaban J connectivity index is 0. The van der Waals surface area contributed by atoms with E-state index in [0.717, 1.165) is 52.4 Å². The Kier molecular flexibility index (Phi) is 23.0. The van der Waals surface area contributed by atoms with Gasteiger partial charge in [0.2, 0.25) is 0 Å². The second kappa shape index (κ2) is 21.5. The van der Waals surface area contributed by atoms with Gasteiger partial charge in [0.25, 0.3) is 0 Å². The second-order valence-electron chi connectivity index (χ2n) is 6.36. The van der Waals surface area contributed by atoms with Crippen LogP contribution in [-0.2, 0) is 4.74 Å². The topological polar surface area (TPSA) is 196 Å². The first-order chi connectivity index (χ1) is 13.3. The van der Waals surface area contributed by atoms with Crippen LogP contribution >= 0.6 is 0 Å². The molecule has 172 valence electrons. The number of ether oxygens (including phenoxy) is 1. The quantitative estimate of drug-likeness (QED) is 0.0763. The van der Waals surface area contributed by atoms with Gasteiger partial charge in [-0.2, -0.15) is 0 Å². The molecule has 12 N–H and O–H groups in total. The maximum Gasteiger partial charge on any atom is 0.492 e. The first-order valence-electron chi connectivity index (χ1n) is 9.97. The molecule has 12 heteroatoms. The summed E-state index contributed by atoms with van der Waals surface area (Å²) in [5, 5.41) is 15.7. The molecule has 0 radical (unpaired) electrons. The van der Waals surface area contributed by atoms with Gasteiger partial charge < -0.3 is 57.0 Å². The first kappa shape index (κ1) is 30.0. The van der Waals surface area contributed by atoms with E-state index < -0.39 is 14.9 Å². The molecular formula is C16H44N6O5Si. The van der Waals surface area contributed by atoms with Crippen LogP contribution in [0.1, 0.15) is 13.3 Å². The Morgan fingerprint density at radius 1 is 0.964 bits per heavy atom. The van der Waals surface area contributed by atoms with E-state index >= 15 is 0 Å². The van der Waals surface area contributed by atoms with Gasteiger partial charge in [-0.25, -0.2) is 0 Å². The normalized spacial score (nSPS) is 12.8. The minimum absolute atomic E-state index is 0.0475. The predicted octanol–water partition coefficient (Wildman–Crippen LogP) is -3.97. The molecule has 0 aromatic heterocycles. The number of nitrogens with two attached hydrogens (primary N) is 3. The van der Waals surface area contributed by atoms with Crippen LogP contribution in [0.5, 0.6) is 0 Å². The van der Waals surface area contributed by atoms with Crippen LogP contribution in [0, 0.1) is 0 Å². The fourth-order valence-corrected chi connectivity index (χ4v) is 2.77. The summed E-state index contributed by atoms with van der Waals surface area (Å²) in [5.74, 6) is 0. The van der Waals surface area contributed by atoms with Crippen LogP contribution in [0.4, 0.5) is 0 Å². The van der Waals surface area contributed by atoms with Crippen molar-refractivity contribution >= 4 is 8.80 Å². The number of hydrogen-bond acceptors (Lipinski definition) is 11. The van der Waals surface area contributed by atoms with Crippen molar-refractivity contribution in [3.63, 3.8) is 0 Å². The first-order valence-corrected chi connectivity index (χ1v) is 12.0. The average molecular weight is 429 g/mol. The number of hydrogen-bond donors (Lipinski definition) is 9. The molecule has 0 aliphatic rings. The summed E-state index contributed by atoms with van der Waals surface area (Å²) in [6, 6.07) is -0.0475. The van der Waals surface area contributed by atoms with E-state index in [1.165, 1.54) is 0 Å². The summed E-state index contributed by atoms with van der Waals surface area (Å²) in [7, 11) is -3.94. The zero-order chi connectivity index (χ0) is 21.7. The van der Waals surface area contributed by atoms with Crippen molar-refractivity contribution in [1.29, 1.82) is 0 Å². The van der Waals surface area contributed by atoms with E-state index in [1.54, 1.807) is 0 Å². The fraction of sp³-hybridized carbons (Fsp3) is 1.00. The molecule has 0 aromatic rings. The lowest BCUT2D eigenvalue weighted by molar-refractivity contribution is 0.0364. The Morgan fingerprint density at radius 3 is 2.07 bits per heavy atom. The van der Waals surface area contributed by atoms with E-state index in [4.69, 9.17) is 36.3 Å². The van der Waals surface area contributed by atoms with E-state index in [-0.39, 0.29) is 19.3 Å². The molecule has 28 heavy (non-hydrogen) atoms. The zero-order valence-electron chi connectivity index (χ0n) is 17.4. The summed E-state index contributed by atoms with van der Waals surface area (Å²) < 4.78 is 5.15. The van der Waals surface area contributed by atoms with Crippen LogP contribution < -0.4 is 27.8 Å². The number of likely N-dealkylation sites (N-methyl/N-ethyl adjacent to an activating group) is 1. The SMILES string of the molecule is CCN(CCN)CCN.NCCNCCNCC(O)COCCC[Si](O)(O)O. The number of rotatable bonds is 18. The van der Waals surface area contributed by atoms with Crippen LogP contribution in [-0.4, -0.2) is 118 Å². The molecule has 1 atom stereocenters. The van der Waals surface area contributed by atoms with Gasteiger partial charge in [-0.3, -0.25) is 0 Å². The highest BCUT2D eigenvalue weighted by atomic mass is 28.4. The monoisotopic (exact) mass is 428 g/mol. The van der Waals surface area contributed by atoms with Gasteiger partial charge in [0, 0.05) is 71.6 Å². The molecule has 0 rings (SSSR count). The Hall–Kier alpha value is -0.223. The maximum atomic E-state index is 9.54. The highest BCUT2D eigenvalue weighted by Crippen LogP contribution is 2.01. The van der Waals surface area contributed by atoms with E-state index in [1.807, 2.05) is 0 Å². The molecular weight excluding hydrogens is 384 g/mol. The Bertz CT molecular complexity index is 310. The van der Waals surface area contributed by atoms with Crippen molar-refractivity contribution in [3.05, 3.63) is 0 Å². The van der Waals surface area contributed by atoms with Gasteiger partial charge in [0.15, 0.2) is 0 Å². The number of nitrogens with one attached hydrogen (secondary N) is 2. The maximum absolute atomic E-state index is 9.54. The standard InChI is InChI=1S/C10H27N3O5Si.C6H17N3/c11-2-3-12-4-5-13-8-10(14)9-18-6-1-7-19(15,16)17;1-2-9(5-3-7)6-4-8/h10,12-17H,1-9,11H2;2-8H2,1H3.